The summed E-state index contributed by atoms with van der Waals surface area (Å²) in [4.78, 5) is 0. The molecule has 1 aliphatic rings. The molecule has 1 aromatic carbocycles. The van der Waals surface area contributed by atoms with E-state index in [-0.39, 0.29) is 24.7 Å². The monoisotopic (exact) mass is 258 g/mol. The SMILES string of the molecule is NCc1ccc(F)cc1CN1CCCS1(=O)=O. The minimum Gasteiger partial charge on any atom is -0.326 e. The fraction of sp³-hybridized carbons (Fsp3) is 0.455. The predicted octanol–water partition coefficient (Wildman–Crippen LogP) is 0.820. The molecule has 0 aliphatic carbocycles. The molecule has 0 aromatic heterocycles. The Bertz CT molecular complexity index is 516. The standard InChI is InChI=1S/C11H15FN2O2S/c12-11-3-2-9(7-13)10(6-11)8-14-4-1-5-17(14,15)16/h2-3,6H,1,4-5,7-8,13H2. The van der Waals surface area contributed by atoms with Crippen LogP contribution in [0.5, 0.6) is 0 Å². The Hall–Kier alpha value is -0.980. The first-order valence-corrected chi connectivity index (χ1v) is 7.09. The number of hydrogen-bond donors (Lipinski definition) is 1. The van der Waals surface area contributed by atoms with Crippen molar-refractivity contribution in [3.8, 4) is 0 Å². The number of nitrogens with two attached hydrogens (primary N) is 1. The zero-order valence-corrected chi connectivity index (χ0v) is 10.2. The van der Waals surface area contributed by atoms with Crippen LogP contribution >= 0.6 is 0 Å². The summed E-state index contributed by atoms with van der Waals surface area (Å²) in [6, 6.07) is 4.30. The van der Waals surface area contributed by atoms with Crippen LogP contribution in [0.15, 0.2) is 18.2 Å². The molecule has 2 rings (SSSR count). The lowest BCUT2D eigenvalue weighted by Crippen LogP contribution is -2.26. The zero-order chi connectivity index (χ0) is 12.5. The molecule has 1 fully saturated rings. The van der Waals surface area contributed by atoms with E-state index in [0.29, 0.717) is 18.5 Å². The first-order valence-electron chi connectivity index (χ1n) is 5.48. The lowest BCUT2D eigenvalue weighted by Gasteiger charge is -2.16. The normalized spacial score (nSPS) is 19.6. The molecule has 0 bridgehead atoms. The van der Waals surface area contributed by atoms with Gasteiger partial charge in [0.05, 0.1) is 5.75 Å². The van der Waals surface area contributed by atoms with E-state index in [4.69, 9.17) is 5.73 Å². The Labute approximate surface area is 100 Å². The molecule has 0 amide bonds. The molecular weight excluding hydrogens is 243 g/mol. The predicted molar refractivity (Wildman–Crippen MR) is 63.1 cm³/mol. The molecule has 1 saturated heterocycles. The Kier molecular flexibility index (Phi) is 3.46. The van der Waals surface area contributed by atoms with Gasteiger partial charge in [-0.2, -0.15) is 4.31 Å². The van der Waals surface area contributed by atoms with E-state index < -0.39 is 10.0 Å². The molecule has 1 heterocycles. The van der Waals surface area contributed by atoms with Crippen molar-refractivity contribution in [2.24, 2.45) is 5.73 Å². The minimum atomic E-state index is -3.15. The van der Waals surface area contributed by atoms with Crippen LogP contribution in [0.25, 0.3) is 0 Å². The van der Waals surface area contributed by atoms with Crippen molar-refractivity contribution in [2.75, 3.05) is 12.3 Å². The zero-order valence-electron chi connectivity index (χ0n) is 9.39. The number of benzene rings is 1. The highest BCUT2D eigenvalue weighted by Gasteiger charge is 2.28. The van der Waals surface area contributed by atoms with Crippen molar-refractivity contribution < 1.29 is 12.8 Å². The largest absolute Gasteiger partial charge is 0.326 e. The quantitative estimate of drug-likeness (QED) is 0.873. The van der Waals surface area contributed by atoms with Crippen LogP contribution in [0.3, 0.4) is 0 Å². The van der Waals surface area contributed by atoms with Crippen LogP contribution in [0.4, 0.5) is 4.39 Å². The Morgan fingerprint density at radius 1 is 1.35 bits per heavy atom. The third-order valence-electron chi connectivity index (χ3n) is 2.94. The van der Waals surface area contributed by atoms with Crippen molar-refractivity contribution in [1.29, 1.82) is 0 Å². The second-order valence-corrected chi connectivity index (χ2v) is 6.21. The third-order valence-corrected chi connectivity index (χ3v) is 4.84. The van der Waals surface area contributed by atoms with E-state index in [0.717, 1.165) is 5.56 Å². The Morgan fingerprint density at radius 3 is 2.71 bits per heavy atom. The average Bonchev–Trinajstić information content (AvgIpc) is 2.59. The smallest absolute Gasteiger partial charge is 0.214 e. The molecule has 4 nitrogen and oxygen atoms in total. The van der Waals surface area contributed by atoms with E-state index in [2.05, 4.69) is 0 Å². The van der Waals surface area contributed by atoms with Crippen molar-refractivity contribution in [1.82, 2.24) is 4.31 Å². The van der Waals surface area contributed by atoms with Crippen LogP contribution in [-0.4, -0.2) is 25.0 Å². The van der Waals surface area contributed by atoms with E-state index in [1.807, 2.05) is 0 Å². The summed E-state index contributed by atoms with van der Waals surface area (Å²) in [7, 11) is -3.15. The number of halogens is 1. The van der Waals surface area contributed by atoms with Gasteiger partial charge in [0.1, 0.15) is 5.82 Å². The molecule has 0 radical (unpaired) electrons. The van der Waals surface area contributed by atoms with Gasteiger partial charge in [-0.1, -0.05) is 6.07 Å². The second kappa shape index (κ2) is 4.72. The van der Waals surface area contributed by atoms with Gasteiger partial charge in [-0.3, -0.25) is 0 Å². The molecule has 0 atom stereocenters. The number of nitrogens with zero attached hydrogens (tertiary/aromatic N) is 1. The van der Waals surface area contributed by atoms with Gasteiger partial charge in [0.15, 0.2) is 0 Å². The number of hydrogen-bond acceptors (Lipinski definition) is 3. The maximum absolute atomic E-state index is 13.1. The van der Waals surface area contributed by atoms with Gasteiger partial charge in [0.2, 0.25) is 10.0 Å². The molecule has 1 aromatic rings. The summed E-state index contributed by atoms with van der Waals surface area (Å²) in [5.41, 5.74) is 6.99. The molecule has 1 aliphatic heterocycles. The van der Waals surface area contributed by atoms with E-state index in [1.165, 1.54) is 16.4 Å². The first-order chi connectivity index (χ1) is 8.03. The highest BCUT2D eigenvalue weighted by molar-refractivity contribution is 7.89. The minimum absolute atomic E-state index is 0.181. The van der Waals surface area contributed by atoms with Gasteiger partial charge in [-0.15, -0.1) is 0 Å². The third kappa shape index (κ3) is 2.65. The van der Waals surface area contributed by atoms with Crippen molar-refractivity contribution in [3.63, 3.8) is 0 Å². The van der Waals surface area contributed by atoms with Gasteiger partial charge in [-0.05, 0) is 29.7 Å². The molecule has 0 spiro atoms. The summed E-state index contributed by atoms with van der Waals surface area (Å²) in [5.74, 6) is -0.186. The molecule has 6 heteroatoms. The lowest BCUT2D eigenvalue weighted by molar-refractivity contribution is 0.437. The van der Waals surface area contributed by atoms with Crippen LogP contribution in [0.1, 0.15) is 17.5 Å². The molecule has 0 unspecified atom stereocenters. The molecule has 0 saturated carbocycles. The van der Waals surface area contributed by atoms with Gasteiger partial charge >= 0.3 is 0 Å². The fourth-order valence-electron chi connectivity index (χ4n) is 2.00. The summed E-state index contributed by atoms with van der Waals surface area (Å²) >= 11 is 0. The van der Waals surface area contributed by atoms with Gasteiger partial charge in [0, 0.05) is 19.6 Å². The van der Waals surface area contributed by atoms with Crippen LogP contribution < -0.4 is 5.73 Å². The highest BCUT2D eigenvalue weighted by Crippen LogP contribution is 2.20. The molecular formula is C11H15FN2O2S. The highest BCUT2D eigenvalue weighted by atomic mass is 32.2. The van der Waals surface area contributed by atoms with Crippen LogP contribution in [-0.2, 0) is 23.1 Å². The van der Waals surface area contributed by atoms with Crippen molar-refractivity contribution >= 4 is 10.0 Å². The second-order valence-electron chi connectivity index (χ2n) is 4.12. The maximum Gasteiger partial charge on any atom is 0.214 e. The number of sulfonamides is 1. The molecule has 2 N–H and O–H groups in total. The Morgan fingerprint density at radius 2 is 2.12 bits per heavy atom. The van der Waals surface area contributed by atoms with Crippen LogP contribution in [0, 0.1) is 5.82 Å². The van der Waals surface area contributed by atoms with E-state index >= 15 is 0 Å². The van der Waals surface area contributed by atoms with E-state index in [1.54, 1.807) is 6.07 Å². The molecule has 94 valence electrons. The van der Waals surface area contributed by atoms with Crippen molar-refractivity contribution in [2.45, 2.75) is 19.5 Å². The topological polar surface area (TPSA) is 63.4 Å². The van der Waals surface area contributed by atoms with Gasteiger partial charge in [-0.25, -0.2) is 12.8 Å². The lowest BCUT2D eigenvalue weighted by atomic mass is 10.1. The summed E-state index contributed by atoms with van der Waals surface area (Å²) in [5, 5.41) is 0. The van der Waals surface area contributed by atoms with Crippen molar-refractivity contribution in [3.05, 3.63) is 35.1 Å². The summed E-state index contributed by atoms with van der Waals surface area (Å²) in [6.07, 6.45) is 0.635. The average molecular weight is 258 g/mol. The first kappa shape index (κ1) is 12.5. The molecule has 17 heavy (non-hydrogen) atoms. The fourth-order valence-corrected chi connectivity index (χ4v) is 3.49. The van der Waals surface area contributed by atoms with E-state index in [9.17, 15) is 12.8 Å². The van der Waals surface area contributed by atoms with Gasteiger partial charge in [0.25, 0.3) is 0 Å². The maximum atomic E-state index is 13.1. The number of rotatable bonds is 3. The van der Waals surface area contributed by atoms with Gasteiger partial charge < -0.3 is 5.73 Å². The van der Waals surface area contributed by atoms with Crippen LogP contribution in [0.2, 0.25) is 0 Å². The summed E-state index contributed by atoms with van der Waals surface area (Å²) in [6.45, 7) is 0.999. The summed E-state index contributed by atoms with van der Waals surface area (Å²) < 4.78 is 37.8. The Balaban J connectivity index is 2.26.